The lowest BCUT2D eigenvalue weighted by molar-refractivity contribution is -0.118. The molecule has 0 heterocycles. The molecule has 0 radical (unpaired) electrons. The molecule has 5 nitrogen and oxygen atoms in total. The molecule has 0 aliphatic heterocycles. The van der Waals surface area contributed by atoms with Crippen molar-refractivity contribution in [2.45, 2.75) is 0 Å². The van der Waals surface area contributed by atoms with Gasteiger partial charge in [0, 0.05) is 5.69 Å². The summed E-state index contributed by atoms with van der Waals surface area (Å²) in [5.74, 6) is 0.375. The topological polar surface area (TPSA) is 62.7 Å². The van der Waals surface area contributed by atoms with Crippen molar-refractivity contribution >= 4 is 46.7 Å². The number of hydrazone groups is 1. The summed E-state index contributed by atoms with van der Waals surface area (Å²) in [6.45, 7) is -0.0682. The number of carbonyl (C=O) groups excluding carboxylic acids is 1. The number of hydrogen-bond acceptors (Lipinski definition) is 4. The molecule has 3 aromatic rings. The molecule has 0 aliphatic rings. The highest BCUT2D eigenvalue weighted by atomic mass is 35.5. The normalized spacial score (nSPS) is 10.6. The fourth-order valence-corrected chi connectivity index (χ4v) is 2.56. The van der Waals surface area contributed by atoms with E-state index in [9.17, 15) is 4.79 Å². The second-order valence-corrected chi connectivity index (χ2v) is 6.59. The summed E-state index contributed by atoms with van der Waals surface area (Å²) < 4.78 is 5.49. The minimum Gasteiger partial charge on any atom is -0.484 e. The van der Waals surface area contributed by atoms with Crippen molar-refractivity contribution in [1.82, 2.24) is 0 Å². The summed E-state index contributed by atoms with van der Waals surface area (Å²) in [5.41, 5.74) is 5.22. The molecule has 1 amide bonds. The van der Waals surface area contributed by atoms with E-state index < -0.39 is 0 Å². The van der Waals surface area contributed by atoms with E-state index in [2.05, 4.69) is 15.8 Å². The Morgan fingerprint density at radius 3 is 2.39 bits per heavy atom. The lowest BCUT2D eigenvalue weighted by Gasteiger charge is -2.07. The third-order valence-electron chi connectivity index (χ3n) is 3.63. The molecule has 2 N–H and O–H groups in total. The molecular weight excluding hydrogens is 397 g/mol. The van der Waals surface area contributed by atoms with Crippen molar-refractivity contribution in [3.8, 4) is 5.75 Å². The zero-order valence-electron chi connectivity index (χ0n) is 14.7. The number of carbonyl (C=O) groups is 1. The number of amides is 1. The Hall–Kier alpha value is -3.02. The van der Waals surface area contributed by atoms with E-state index in [1.165, 1.54) is 0 Å². The first-order valence-corrected chi connectivity index (χ1v) is 9.17. The highest BCUT2D eigenvalue weighted by Crippen LogP contribution is 2.24. The number of benzene rings is 3. The predicted octanol–water partition coefficient (Wildman–Crippen LogP) is 5.46. The van der Waals surface area contributed by atoms with Gasteiger partial charge in [0.05, 0.1) is 21.9 Å². The number of rotatable bonds is 7. The number of halogens is 2. The second kappa shape index (κ2) is 9.78. The van der Waals surface area contributed by atoms with Gasteiger partial charge in [0.15, 0.2) is 6.61 Å². The van der Waals surface area contributed by atoms with E-state index in [4.69, 9.17) is 27.9 Å². The van der Waals surface area contributed by atoms with E-state index in [1.807, 2.05) is 42.5 Å². The van der Waals surface area contributed by atoms with Gasteiger partial charge in [-0.25, -0.2) is 0 Å². The van der Waals surface area contributed by atoms with Crippen LogP contribution in [0.4, 0.5) is 11.4 Å². The minimum absolute atomic E-state index is 0.0682. The zero-order chi connectivity index (χ0) is 19.8. The van der Waals surface area contributed by atoms with Gasteiger partial charge in [-0.15, -0.1) is 0 Å². The van der Waals surface area contributed by atoms with Gasteiger partial charge in [-0.1, -0.05) is 41.4 Å². The quantitative estimate of drug-likeness (QED) is 0.399. The molecule has 3 aromatic carbocycles. The highest BCUT2D eigenvalue weighted by molar-refractivity contribution is 6.42. The van der Waals surface area contributed by atoms with Gasteiger partial charge in [-0.3, -0.25) is 10.2 Å². The maximum Gasteiger partial charge on any atom is 0.262 e. The Bertz CT molecular complexity index is 961. The smallest absolute Gasteiger partial charge is 0.262 e. The predicted molar refractivity (Wildman–Crippen MR) is 115 cm³/mol. The monoisotopic (exact) mass is 413 g/mol. The van der Waals surface area contributed by atoms with Crippen molar-refractivity contribution in [1.29, 1.82) is 0 Å². The summed E-state index contributed by atoms with van der Waals surface area (Å²) in [7, 11) is 0. The van der Waals surface area contributed by atoms with Gasteiger partial charge in [0.1, 0.15) is 5.75 Å². The molecule has 142 valence electrons. The number of ether oxygens (including phenoxy) is 1. The molecule has 0 unspecified atom stereocenters. The fraction of sp³-hybridized carbons (Fsp3) is 0.0476. The van der Waals surface area contributed by atoms with Crippen molar-refractivity contribution < 1.29 is 9.53 Å². The highest BCUT2D eigenvalue weighted by Gasteiger charge is 2.03. The van der Waals surface area contributed by atoms with E-state index in [-0.39, 0.29) is 12.5 Å². The molecule has 7 heteroatoms. The SMILES string of the molecule is O=C(COc1ccc(C=NNc2ccc(Cl)c(Cl)c2)cc1)Nc1ccccc1. The molecule has 0 bridgehead atoms. The van der Waals surface area contributed by atoms with Crippen LogP contribution < -0.4 is 15.5 Å². The van der Waals surface area contributed by atoms with Crippen LogP contribution in [0.3, 0.4) is 0 Å². The van der Waals surface area contributed by atoms with E-state index in [0.717, 1.165) is 16.9 Å². The lowest BCUT2D eigenvalue weighted by atomic mass is 10.2. The molecule has 0 fully saturated rings. The van der Waals surface area contributed by atoms with Crippen LogP contribution >= 0.6 is 23.2 Å². The van der Waals surface area contributed by atoms with Crippen LogP contribution in [0.5, 0.6) is 5.75 Å². The second-order valence-electron chi connectivity index (χ2n) is 5.77. The number of nitrogens with zero attached hydrogens (tertiary/aromatic N) is 1. The van der Waals surface area contributed by atoms with Gasteiger partial charge in [-0.05, 0) is 60.2 Å². The van der Waals surface area contributed by atoms with Gasteiger partial charge in [0.25, 0.3) is 5.91 Å². The Labute approximate surface area is 172 Å². The van der Waals surface area contributed by atoms with E-state index >= 15 is 0 Å². The summed E-state index contributed by atoms with van der Waals surface area (Å²) in [6.07, 6.45) is 1.66. The van der Waals surface area contributed by atoms with Crippen LogP contribution in [0.15, 0.2) is 77.9 Å². The Kier molecular flexibility index (Phi) is 6.89. The van der Waals surface area contributed by atoms with E-state index in [0.29, 0.717) is 15.8 Å². The van der Waals surface area contributed by atoms with Crippen LogP contribution in [-0.2, 0) is 4.79 Å². The van der Waals surface area contributed by atoms with Gasteiger partial charge in [-0.2, -0.15) is 5.10 Å². The molecule has 0 atom stereocenters. The minimum atomic E-state index is -0.220. The van der Waals surface area contributed by atoms with Crippen molar-refractivity contribution in [2.75, 3.05) is 17.3 Å². The first kappa shape index (κ1) is 19.7. The molecule has 3 rings (SSSR count). The van der Waals surface area contributed by atoms with Gasteiger partial charge in [0.2, 0.25) is 0 Å². The Morgan fingerprint density at radius 2 is 1.68 bits per heavy atom. The van der Waals surface area contributed by atoms with Crippen molar-refractivity contribution in [3.05, 3.63) is 88.4 Å². The number of para-hydroxylation sites is 1. The standard InChI is InChI=1S/C21H17Cl2N3O2/c22-19-11-8-17(12-20(19)23)26-24-13-15-6-9-18(10-7-15)28-14-21(27)25-16-4-2-1-3-5-16/h1-13,26H,14H2,(H,25,27). The first-order valence-electron chi connectivity index (χ1n) is 8.42. The van der Waals surface area contributed by atoms with Crippen LogP contribution in [0.2, 0.25) is 10.0 Å². The third kappa shape index (κ3) is 6.01. The summed E-state index contributed by atoms with van der Waals surface area (Å²) in [5, 5.41) is 7.86. The van der Waals surface area contributed by atoms with Crippen molar-refractivity contribution in [3.63, 3.8) is 0 Å². The number of nitrogens with one attached hydrogen (secondary N) is 2. The maximum absolute atomic E-state index is 11.9. The van der Waals surface area contributed by atoms with Crippen LogP contribution in [0, 0.1) is 0 Å². The largest absolute Gasteiger partial charge is 0.484 e. The summed E-state index contributed by atoms with van der Waals surface area (Å²) >= 11 is 11.8. The zero-order valence-corrected chi connectivity index (χ0v) is 16.2. The molecular formula is C21H17Cl2N3O2. The molecule has 0 saturated carbocycles. The van der Waals surface area contributed by atoms with Crippen molar-refractivity contribution in [2.24, 2.45) is 5.10 Å². The molecule has 0 aromatic heterocycles. The third-order valence-corrected chi connectivity index (χ3v) is 4.37. The average Bonchev–Trinajstić information content (AvgIpc) is 2.71. The molecule has 0 saturated heterocycles. The number of hydrogen-bond donors (Lipinski definition) is 2. The Morgan fingerprint density at radius 1 is 0.929 bits per heavy atom. The van der Waals surface area contributed by atoms with Crippen LogP contribution in [0.25, 0.3) is 0 Å². The summed E-state index contributed by atoms with van der Waals surface area (Å²) in [6, 6.07) is 21.6. The first-order chi connectivity index (χ1) is 13.6. The van der Waals surface area contributed by atoms with Gasteiger partial charge >= 0.3 is 0 Å². The summed E-state index contributed by atoms with van der Waals surface area (Å²) in [4.78, 5) is 11.9. The maximum atomic E-state index is 11.9. The average molecular weight is 414 g/mol. The molecule has 0 spiro atoms. The fourth-order valence-electron chi connectivity index (χ4n) is 2.26. The lowest BCUT2D eigenvalue weighted by Crippen LogP contribution is -2.20. The van der Waals surface area contributed by atoms with Crippen LogP contribution in [0.1, 0.15) is 5.56 Å². The van der Waals surface area contributed by atoms with Crippen LogP contribution in [-0.4, -0.2) is 18.7 Å². The molecule has 28 heavy (non-hydrogen) atoms. The Balaban J connectivity index is 1.47. The molecule has 0 aliphatic carbocycles. The van der Waals surface area contributed by atoms with E-state index in [1.54, 1.807) is 36.5 Å². The van der Waals surface area contributed by atoms with Gasteiger partial charge < -0.3 is 10.1 Å². The number of anilines is 2.